The summed E-state index contributed by atoms with van der Waals surface area (Å²) in [6.45, 7) is 2.34. The minimum absolute atomic E-state index is 0.192. The molecule has 4 bridgehead atoms. The number of piperazine rings is 1. The fourth-order valence-electron chi connectivity index (χ4n) is 8.51. The predicted octanol–water partition coefficient (Wildman–Crippen LogP) is 5.55. The normalized spacial score (nSPS) is 30.0. The van der Waals surface area contributed by atoms with Crippen molar-refractivity contribution in [3.8, 4) is 5.75 Å². The quantitative estimate of drug-likeness (QED) is 0.424. The second-order valence-corrected chi connectivity index (χ2v) is 13.6. The van der Waals surface area contributed by atoms with Gasteiger partial charge in [-0.2, -0.15) is 0 Å². The molecular weight excluding hydrogens is 534 g/mol. The fourth-order valence-corrected chi connectivity index (χ4v) is 9.34. The Hall–Kier alpha value is -3.26. The molecule has 2 aliphatic heterocycles. The Labute approximate surface area is 245 Å². The lowest BCUT2D eigenvalue weighted by molar-refractivity contribution is -0.136. The van der Waals surface area contributed by atoms with Crippen molar-refractivity contribution in [3.63, 3.8) is 0 Å². The lowest BCUT2D eigenvalue weighted by Crippen LogP contribution is -2.51. The number of hydrogen-bond acceptors (Lipinski definition) is 6. The summed E-state index contributed by atoms with van der Waals surface area (Å²) in [5, 5.41) is -0.395. The van der Waals surface area contributed by atoms with E-state index in [1.807, 2.05) is 24.3 Å². The highest BCUT2D eigenvalue weighted by atomic mass is 32.2. The van der Waals surface area contributed by atoms with Crippen LogP contribution in [0.2, 0.25) is 0 Å². The molecule has 8 heteroatoms. The topological polar surface area (TPSA) is 70.2 Å². The highest BCUT2D eigenvalue weighted by Crippen LogP contribution is 2.61. The molecule has 0 spiro atoms. The van der Waals surface area contributed by atoms with E-state index in [2.05, 4.69) is 29.2 Å². The van der Waals surface area contributed by atoms with Crippen LogP contribution in [-0.4, -0.2) is 66.7 Å². The van der Waals surface area contributed by atoms with Crippen LogP contribution in [0.5, 0.6) is 5.75 Å². The van der Waals surface area contributed by atoms with Crippen LogP contribution in [0, 0.1) is 17.8 Å². The van der Waals surface area contributed by atoms with Gasteiger partial charge in [-0.1, -0.05) is 24.3 Å². The number of thioether (sulfide) groups is 1. The Bertz CT molecular complexity index is 1360. The van der Waals surface area contributed by atoms with Gasteiger partial charge in [-0.25, -0.2) is 0 Å². The minimum atomic E-state index is -0.404. The van der Waals surface area contributed by atoms with E-state index in [4.69, 9.17) is 4.74 Å². The minimum Gasteiger partial charge on any atom is -0.496 e. The highest BCUT2D eigenvalue weighted by molar-refractivity contribution is 8.18. The van der Waals surface area contributed by atoms with Gasteiger partial charge in [0, 0.05) is 37.4 Å². The molecule has 2 saturated heterocycles. The number of carbonyl (C=O) groups is 3. The first-order chi connectivity index (χ1) is 19.9. The van der Waals surface area contributed by atoms with E-state index in [0.29, 0.717) is 23.7 Å². The van der Waals surface area contributed by atoms with Gasteiger partial charge in [0.1, 0.15) is 12.3 Å². The van der Waals surface area contributed by atoms with Crippen molar-refractivity contribution in [1.82, 2.24) is 9.80 Å². The molecule has 6 aliphatic rings. The van der Waals surface area contributed by atoms with E-state index in [-0.39, 0.29) is 17.9 Å². The summed E-state index contributed by atoms with van der Waals surface area (Å²) in [5.41, 5.74) is 3.53. The largest absolute Gasteiger partial charge is 0.496 e. The molecular formula is C33H37N3O4S. The third kappa shape index (κ3) is 4.94. The maximum absolute atomic E-state index is 13.4. The van der Waals surface area contributed by atoms with Crippen molar-refractivity contribution >= 4 is 40.6 Å². The van der Waals surface area contributed by atoms with E-state index in [1.165, 1.54) is 44.1 Å². The van der Waals surface area contributed by atoms with E-state index in [1.54, 1.807) is 18.1 Å². The number of amides is 3. The first kappa shape index (κ1) is 26.6. The lowest BCUT2D eigenvalue weighted by atomic mass is 9.48. The Kier molecular flexibility index (Phi) is 6.84. The van der Waals surface area contributed by atoms with Crippen molar-refractivity contribution in [1.29, 1.82) is 0 Å². The second kappa shape index (κ2) is 10.5. The number of ether oxygens (including phenoxy) is 1. The summed E-state index contributed by atoms with van der Waals surface area (Å²) >= 11 is 0.911. The van der Waals surface area contributed by atoms with E-state index in [9.17, 15) is 14.4 Å². The summed E-state index contributed by atoms with van der Waals surface area (Å²) in [6, 6.07) is 16.6. The van der Waals surface area contributed by atoms with Crippen molar-refractivity contribution < 1.29 is 19.1 Å². The highest BCUT2D eigenvalue weighted by Gasteiger charge is 2.51. The van der Waals surface area contributed by atoms with E-state index in [0.717, 1.165) is 58.8 Å². The zero-order valence-electron chi connectivity index (χ0n) is 23.6. The molecule has 8 rings (SSSR count). The molecule has 0 radical (unpaired) electrons. The SMILES string of the molecule is COc1ccc(C23CC4CC(CC(C4)C2)C3)cc1/C=C1/SC(=O)N(CC(=O)N2CCN(c3ccccc3)CC2)C1=O. The first-order valence-electron chi connectivity index (χ1n) is 14.9. The van der Waals surface area contributed by atoms with Gasteiger partial charge >= 0.3 is 0 Å². The van der Waals surface area contributed by atoms with Gasteiger partial charge in [-0.3, -0.25) is 19.3 Å². The Morgan fingerprint density at radius 1 is 0.951 bits per heavy atom. The van der Waals surface area contributed by atoms with Gasteiger partial charge in [-0.05, 0) is 109 Å². The maximum Gasteiger partial charge on any atom is 0.294 e. The molecule has 0 aromatic heterocycles. The van der Waals surface area contributed by atoms with Crippen LogP contribution in [0.3, 0.4) is 0 Å². The summed E-state index contributed by atoms with van der Waals surface area (Å²) < 4.78 is 5.67. The smallest absolute Gasteiger partial charge is 0.294 e. The van der Waals surface area contributed by atoms with Crippen LogP contribution in [0.25, 0.3) is 6.08 Å². The van der Waals surface area contributed by atoms with Crippen LogP contribution < -0.4 is 9.64 Å². The Morgan fingerprint density at radius 3 is 2.24 bits per heavy atom. The van der Waals surface area contributed by atoms with Gasteiger partial charge in [0.05, 0.1) is 12.0 Å². The first-order valence-corrected chi connectivity index (χ1v) is 15.7. The molecule has 4 saturated carbocycles. The van der Waals surface area contributed by atoms with Crippen molar-refractivity contribution in [2.24, 2.45) is 17.8 Å². The van der Waals surface area contributed by atoms with Crippen LogP contribution in [0.1, 0.15) is 49.7 Å². The number of benzene rings is 2. The third-order valence-electron chi connectivity index (χ3n) is 10.1. The number of methoxy groups -OCH3 is 1. The van der Waals surface area contributed by atoms with E-state index < -0.39 is 11.1 Å². The van der Waals surface area contributed by atoms with Crippen LogP contribution in [0.4, 0.5) is 10.5 Å². The number of rotatable bonds is 6. The van der Waals surface area contributed by atoms with Gasteiger partial charge in [0.25, 0.3) is 11.1 Å². The molecule has 214 valence electrons. The number of imide groups is 1. The lowest BCUT2D eigenvalue weighted by Gasteiger charge is -2.57. The molecule has 4 aliphatic carbocycles. The maximum atomic E-state index is 13.4. The fraction of sp³-hybridized carbons (Fsp3) is 0.485. The summed E-state index contributed by atoms with van der Waals surface area (Å²) in [6.07, 6.45) is 9.70. The van der Waals surface area contributed by atoms with E-state index >= 15 is 0 Å². The number of anilines is 1. The molecule has 0 N–H and O–H groups in total. The van der Waals surface area contributed by atoms with Crippen LogP contribution in [0.15, 0.2) is 53.4 Å². The third-order valence-corrected chi connectivity index (χ3v) is 11.0. The average molecular weight is 572 g/mol. The standard InChI is InChI=1S/C33H37N3O4S/c1-40-28-8-7-26(33-18-22-13-23(19-33)15-24(14-22)20-33)16-25(28)17-29-31(38)36(32(39)41-29)21-30(37)35-11-9-34(10-12-35)27-5-3-2-4-6-27/h2-8,16-17,22-24H,9-15,18-21H2,1H3/b29-17+. The van der Waals surface area contributed by atoms with Gasteiger partial charge in [0.2, 0.25) is 5.91 Å². The summed E-state index contributed by atoms with van der Waals surface area (Å²) in [5.74, 6) is 2.60. The molecule has 41 heavy (non-hydrogen) atoms. The number of carbonyl (C=O) groups excluding carboxylic acids is 3. The molecule has 3 amide bonds. The number of para-hydroxylation sites is 1. The van der Waals surface area contributed by atoms with Gasteiger partial charge < -0.3 is 14.5 Å². The number of nitrogens with zero attached hydrogens (tertiary/aromatic N) is 3. The van der Waals surface area contributed by atoms with Gasteiger partial charge in [-0.15, -0.1) is 0 Å². The monoisotopic (exact) mass is 571 g/mol. The summed E-state index contributed by atoms with van der Waals surface area (Å²) in [4.78, 5) is 44.8. The Morgan fingerprint density at radius 2 is 1.61 bits per heavy atom. The summed E-state index contributed by atoms with van der Waals surface area (Å²) in [7, 11) is 1.64. The van der Waals surface area contributed by atoms with Crippen molar-refractivity contribution in [2.45, 2.75) is 43.9 Å². The van der Waals surface area contributed by atoms with Gasteiger partial charge in [0.15, 0.2) is 0 Å². The molecule has 0 unspecified atom stereocenters. The average Bonchev–Trinajstić information content (AvgIpc) is 3.24. The van der Waals surface area contributed by atoms with Crippen LogP contribution >= 0.6 is 11.8 Å². The van der Waals surface area contributed by atoms with Crippen molar-refractivity contribution in [3.05, 3.63) is 64.6 Å². The molecule has 2 aromatic carbocycles. The zero-order valence-corrected chi connectivity index (χ0v) is 24.4. The predicted molar refractivity (Wildman–Crippen MR) is 161 cm³/mol. The molecule has 7 nitrogen and oxygen atoms in total. The number of hydrogen-bond donors (Lipinski definition) is 0. The second-order valence-electron chi connectivity index (χ2n) is 12.6. The van der Waals surface area contributed by atoms with Crippen molar-refractivity contribution in [2.75, 3.05) is 44.7 Å². The molecule has 2 aromatic rings. The molecule has 2 heterocycles. The van der Waals surface area contributed by atoms with Crippen LogP contribution in [-0.2, 0) is 15.0 Å². The Balaban J connectivity index is 1.05. The molecule has 0 atom stereocenters. The molecule has 6 fully saturated rings. The zero-order chi connectivity index (χ0) is 28.1.